The third-order valence-electron chi connectivity index (χ3n) is 4.58. The maximum atomic E-state index is 13.1. The Morgan fingerprint density at radius 1 is 1.29 bits per heavy atom. The summed E-state index contributed by atoms with van der Waals surface area (Å²) in [5, 5.41) is 0. The smallest absolute Gasteiger partial charge is 0.353 e. The van der Waals surface area contributed by atoms with Gasteiger partial charge in [0.15, 0.2) is 0 Å². The second-order valence-corrected chi connectivity index (χ2v) is 6.47. The van der Waals surface area contributed by atoms with Crippen molar-refractivity contribution >= 4 is 23.5 Å². The molecule has 3 rings (SSSR count). The molecule has 1 aromatic rings. The average molecular weight is 330 g/mol. The Kier molecular flexibility index (Phi) is 4.07. The third kappa shape index (κ3) is 2.12. The molecule has 128 valence electrons. The van der Waals surface area contributed by atoms with Crippen LogP contribution in [0.25, 0.3) is 0 Å². The molecule has 1 saturated heterocycles. The highest BCUT2D eigenvalue weighted by molar-refractivity contribution is 6.15. The second-order valence-electron chi connectivity index (χ2n) is 6.47. The number of anilines is 1. The van der Waals surface area contributed by atoms with Crippen molar-refractivity contribution in [2.45, 2.75) is 51.7 Å². The molecule has 1 aromatic carbocycles. The number of hydrogen-bond acceptors (Lipinski definition) is 4. The second kappa shape index (κ2) is 5.92. The first kappa shape index (κ1) is 16.5. The van der Waals surface area contributed by atoms with E-state index in [2.05, 4.69) is 0 Å². The lowest BCUT2D eigenvalue weighted by molar-refractivity contribution is -0.158. The average Bonchev–Trinajstić information content (AvgIpc) is 2.91. The molecule has 2 heterocycles. The maximum absolute atomic E-state index is 13.1. The lowest BCUT2D eigenvalue weighted by Gasteiger charge is -2.50. The van der Waals surface area contributed by atoms with Gasteiger partial charge in [0.25, 0.3) is 5.91 Å². The standard InChI is InChI=1S/C18H22N2O4/c1-4-11-24-17(23)18-10-9-15(21)20(18)14-8-6-5-7-13(14)16(22)19(18)12(2)3/h5-8,12H,4,9-11H2,1-3H3/t18-/m1/s1. The lowest BCUT2D eigenvalue weighted by Crippen LogP contribution is -2.70. The molecule has 0 radical (unpaired) electrons. The summed E-state index contributed by atoms with van der Waals surface area (Å²) in [6.07, 6.45) is 1.15. The van der Waals surface area contributed by atoms with Crippen LogP contribution in [0.5, 0.6) is 0 Å². The summed E-state index contributed by atoms with van der Waals surface area (Å²) in [6.45, 7) is 5.87. The fourth-order valence-electron chi connectivity index (χ4n) is 3.68. The van der Waals surface area contributed by atoms with Crippen LogP contribution >= 0.6 is 0 Å². The first-order valence-electron chi connectivity index (χ1n) is 8.38. The number of nitrogens with zero attached hydrogens (tertiary/aromatic N) is 2. The number of hydrogen-bond donors (Lipinski definition) is 0. The molecule has 0 aromatic heterocycles. The summed E-state index contributed by atoms with van der Waals surface area (Å²) in [6, 6.07) is 6.70. The highest BCUT2D eigenvalue weighted by atomic mass is 16.5. The Morgan fingerprint density at radius 2 is 2.00 bits per heavy atom. The maximum Gasteiger partial charge on any atom is 0.353 e. The number of benzene rings is 1. The van der Waals surface area contributed by atoms with Crippen LogP contribution in [-0.4, -0.2) is 41.0 Å². The highest BCUT2D eigenvalue weighted by Crippen LogP contribution is 2.45. The van der Waals surface area contributed by atoms with Gasteiger partial charge in [-0.05, 0) is 32.4 Å². The zero-order valence-electron chi connectivity index (χ0n) is 14.2. The van der Waals surface area contributed by atoms with Crippen molar-refractivity contribution in [1.29, 1.82) is 0 Å². The molecule has 0 aliphatic carbocycles. The monoisotopic (exact) mass is 330 g/mol. The van der Waals surface area contributed by atoms with E-state index in [1.807, 2.05) is 20.8 Å². The Bertz CT molecular complexity index is 700. The molecule has 0 N–H and O–H groups in total. The van der Waals surface area contributed by atoms with Crippen LogP contribution in [0.2, 0.25) is 0 Å². The van der Waals surface area contributed by atoms with Crippen LogP contribution in [0.4, 0.5) is 5.69 Å². The normalized spacial score (nSPS) is 22.7. The number of para-hydroxylation sites is 1. The molecule has 0 spiro atoms. The van der Waals surface area contributed by atoms with E-state index < -0.39 is 11.6 Å². The van der Waals surface area contributed by atoms with Crippen molar-refractivity contribution in [1.82, 2.24) is 4.90 Å². The fourth-order valence-corrected chi connectivity index (χ4v) is 3.68. The molecule has 6 nitrogen and oxygen atoms in total. The summed E-state index contributed by atoms with van der Waals surface area (Å²) < 4.78 is 5.40. The Balaban J connectivity index is 2.21. The zero-order chi connectivity index (χ0) is 17.5. The van der Waals surface area contributed by atoms with Crippen molar-refractivity contribution in [3.05, 3.63) is 29.8 Å². The van der Waals surface area contributed by atoms with Gasteiger partial charge in [-0.1, -0.05) is 19.1 Å². The van der Waals surface area contributed by atoms with Gasteiger partial charge in [0.05, 0.1) is 17.9 Å². The molecule has 24 heavy (non-hydrogen) atoms. The SMILES string of the molecule is CCCOC(=O)[C@@]12CCC(=O)N1c1ccccc1C(=O)N2C(C)C. The molecule has 0 unspecified atom stereocenters. The molecule has 2 aliphatic rings. The topological polar surface area (TPSA) is 66.9 Å². The Hall–Kier alpha value is -2.37. The van der Waals surface area contributed by atoms with Gasteiger partial charge in [0.2, 0.25) is 11.6 Å². The van der Waals surface area contributed by atoms with Gasteiger partial charge in [-0.2, -0.15) is 0 Å². The van der Waals surface area contributed by atoms with Gasteiger partial charge in [-0.25, -0.2) is 4.79 Å². The molecular weight excluding hydrogens is 308 g/mol. The van der Waals surface area contributed by atoms with Crippen molar-refractivity contribution in [3.63, 3.8) is 0 Å². The van der Waals surface area contributed by atoms with Crippen LogP contribution in [0.3, 0.4) is 0 Å². The number of ether oxygens (including phenoxy) is 1. The van der Waals surface area contributed by atoms with E-state index in [1.54, 1.807) is 24.3 Å². The number of amides is 2. The van der Waals surface area contributed by atoms with Crippen molar-refractivity contribution in [2.75, 3.05) is 11.5 Å². The molecule has 0 saturated carbocycles. The number of esters is 1. The molecule has 2 aliphatic heterocycles. The minimum absolute atomic E-state index is 0.158. The third-order valence-corrected chi connectivity index (χ3v) is 4.58. The molecule has 0 bridgehead atoms. The van der Waals surface area contributed by atoms with Crippen LogP contribution in [-0.2, 0) is 14.3 Å². The summed E-state index contributed by atoms with van der Waals surface area (Å²) >= 11 is 0. The summed E-state index contributed by atoms with van der Waals surface area (Å²) in [4.78, 5) is 41.6. The van der Waals surface area contributed by atoms with Gasteiger partial charge in [0, 0.05) is 18.9 Å². The molecule has 2 amide bonds. The van der Waals surface area contributed by atoms with Crippen LogP contribution in [0.1, 0.15) is 50.4 Å². The first-order chi connectivity index (χ1) is 11.4. The van der Waals surface area contributed by atoms with E-state index in [-0.39, 0.29) is 37.3 Å². The first-order valence-corrected chi connectivity index (χ1v) is 8.38. The number of carbonyl (C=O) groups excluding carboxylic acids is 3. The number of fused-ring (bicyclic) bond motifs is 3. The quantitative estimate of drug-likeness (QED) is 0.795. The van der Waals surface area contributed by atoms with Crippen LogP contribution in [0.15, 0.2) is 24.3 Å². The van der Waals surface area contributed by atoms with E-state index in [1.165, 1.54) is 9.80 Å². The predicted molar refractivity (Wildman–Crippen MR) is 88.4 cm³/mol. The van der Waals surface area contributed by atoms with Gasteiger partial charge >= 0.3 is 5.97 Å². The molecule has 1 fully saturated rings. The van der Waals surface area contributed by atoms with Crippen molar-refractivity contribution < 1.29 is 19.1 Å². The Labute approximate surface area is 141 Å². The van der Waals surface area contributed by atoms with E-state index in [9.17, 15) is 14.4 Å². The minimum Gasteiger partial charge on any atom is -0.463 e. The molecule has 6 heteroatoms. The molecular formula is C18H22N2O4. The summed E-state index contributed by atoms with van der Waals surface area (Å²) in [7, 11) is 0. The van der Waals surface area contributed by atoms with E-state index in [4.69, 9.17) is 4.74 Å². The largest absolute Gasteiger partial charge is 0.463 e. The number of carbonyl (C=O) groups is 3. The molecule has 1 atom stereocenters. The lowest BCUT2D eigenvalue weighted by atomic mass is 9.95. The van der Waals surface area contributed by atoms with Gasteiger partial charge in [-0.15, -0.1) is 0 Å². The number of rotatable bonds is 4. The van der Waals surface area contributed by atoms with E-state index in [0.29, 0.717) is 17.7 Å². The Morgan fingerprint density at radius 3 is 2.67 bits per heavy atom. The highest BCUT2D eigenvalue weighted by Gasteiger charge is 2.62. The van der Waals surface area contributed by atoms with E-state index >= 15 is 0 Å². The van der Waals surface area contributed by atoms with Crippen molar-refractivity contribution in [2.24, 2.45) is 0 Å². The van der Waals surface area contributed by atoms with Gasteiger partial charge < -0.3 is 9.64 Å². The summed E-state index contributed by atoms with van der Waals surface area (Å²) in [5.41, 5.74) is -0.429. The van der Waals surface area contributed by atoms with Gasteiger partial charge in [-0.3, -0.25) is 14.5 Å². The fraction of sp³-hybridized carbons (Fsp3) is 0.500. The van der Waals surface area contributed by atoms with Gasteiger partial charge in [0.1, 0.15) is 0 Å². The van der Waals surface area contributed by atoms with Crippen LogP contribution < -0.4 is 4.90 Å². The minimum atomic E-state index is -1.37. The van der Waals surface area contributed by atoms with Crippen molar-refractivity contribution in [3.8, 4) is 0 Å². The zero-order valence-corrected chi connectivity index (χ0v) is 14.2. The summed E-state index contributed by atoms with van der Waals surface area (Å²) in [5.74, 6) is -0.916. The van der Waals surface area contributed by atoms with Crippen LogP contribution in [0, 0.1) is 0 Å². The van der Waals surface area contributed by atoms with E-state index in [0.717, 1.165) is 0 Å². The predicted octanol–water partition coefficient (Wildman–Crippen LogP) is 2.33.